The van der Waals surface area contributed by atoms with Crippen molar-refractivity contribution in [1.29, 1.82) is 0 Å². The highest BCUT2D eigenvalue weighted by atomic mass is 32.1. The highest BCUT2D eigenvalue weighted by Crippen LogP contribution is 2.33. The summed E-state index contributed by atoms with van der Waals surface area (Å²) in [6, 6.07) is 17.4. The van der Waals surface area contributed by atoms with Crippen molar-refractivity contribution in [2.24, 2.45) is 0 Å². The van der Waals surface area contributed by atoms with E-state index in [1.807, 2.05) is 66.5 Å². The fraction of sp³-hybridized carbons (Fsp3) is 0.320. The summed E-state index contributed by atoms with van der Waals surface area (Å²) in [6.07, 6.45) is 2.06. The Kier molecular flexibility index (Phi) is 6.57. The highest BCUT2D eigenvalue weighted by Gasteiger charge is 2.24. The standard InChI is InChI=1S/C25H28N6O2S/c1-31(19(15-32)16-8-3-2-4-9-16)25-29-22(27-17-10-7-13-26-14-17)21(23(33)30-25)24-28-18-11-5-6-12-20(18)34-24/h2-6,8-9,11-12,17,19,26,32H,7,10,13-15H2,1H3,(H2,27,29,30,33). The summed E-state index contributed by atoms with van der Waals surface area (Å²) in [5.41, 5.74) is 1.99. The fourth-order valence-electron chi connectivity index (χ4n) is 4.35. The number of benzene rings is 2. The van der Waals surface area contributed by atoms with E-state index in [-0.39, 0.29) is 24.2 Å². The molecule has 2 atom stereocenters. The van der Waals surface area contributed by atoms with Crippen molar-refractivity contribution in [3.05, 3.63) is 70.5 Å². The van der Waals surface area contributed by atoms with Crippen LogP contribution in [-0.2, 0) is 0 Å². The molecule has 1 fully saturated rings. The van der Waals surface area contributed by atoms with Crippen molar-refractivity contribution in [3.8, 4) is 10.6 Å². The number of anilines is 2. The lowest BCUT2D eigenvalue weighted by atomic mass is 10.1. The lowest BCUT2D eigenvalue weighted by Crippen LogP contribution is -2.39. The molecule has 2 aromatic heterocycles. The van der Waals surface area contributed by atoms with Gasteiger partial charge in [-0.2, -0.15) is 4.98 Å². The smallest absolute Gasteiger partial charge is 0.264 e. The summed E-state index contributed by atoms with van der Waals surface area (Å²) in [5, 5.41) is 17.7. The molecular formula is C25H28N6O2S. The Morgan fingerprint density at radius 1 is 1.18 bits per heavy atom. The lowest BCUT2D eigenvalue weighted by molar-refractivity contribution is 0.263. The van der Waals surface area contributed by atoms with Gasteiger partial charge in [-0.3, -0.25) is 9.78 Å². The normalized spacial score (nSPS) is 16.9. The Morgan fingerprint density at radius 2 is 1.97 bits per heavy atom. The molecule has 0 bridgehead atoms. The third-order valence-corrected chi connectivity index (χ3v) is 7.27. The SMILES string of the molecule is CN(c1nc(NC2CCCNC2)c(-c2nc3ccccc3s2)c(=O)[nH]1)C(CO)c1ccccc1. The van der Waals surface area contributed by atoms with Gasteiger partial charge in [-0.15, -0.1) is 11.3 Å². The van der Waals surface area contributed by atoms with Crippen molar-refractivity contribution in [2.45, 2.75) is 24.9 Å². The molecule has 8 nitrogen and oxygen atoms in total. The maximum absolute atomic E-state index is 13.5. The number of nitrogens with zero attached hydrogens (tertiary/aromatic N) is 3. The molecule has 2 unspecified atom stereocenters. The van der Waals surface area contributed by atoms with Gasteiger partial charge < -0.3 is 20.6 Å². The van der Waals surface area contributed by atoms with E-state index in [0.29, 0.717) is 22.3 Å². The Labute approximate surface area is 201 Å². The number of fused-ring (bicyclic) bond motifs is 1. The second-order valence-electron chi connectivity index (χ2n) is 8.51. The minimum Gasteiger partial charge on any atom is -0.394 e. The number of likely N-dealkylation sites (N-methyl/N-ethyl adjacent to an activating group) is 1. The minimum atomic E-state index is -0.346. The van der Waals surface area contributed by atoms with Crippen molar-refractivity contribution < 1.29 is 5.11 Å². The van der Waals surface area contributed by atoms with Gasteiger partial charge in [0.25, 0.3) is 5.56 Å². The molecule has 0 saturated carbocycles. The Hall–Kier alpha value is -3.27. The van der Waals surface area contributed by atoms with Crippen LogP contribution in [0.15, 0.2) is 59.4 Å². The van der Waals surface area contributed by atoms with E-state index in [0.717, 1.165) is 41.7 Å². The molecule has 2 aromatic carbocycles. The number of para-hydroxylation sites is 1. The van der Waals surface area contributed by atoms with Crippen LogP contribution in [-0.4, -0.2) is 52.8 Å². The van der Waals surface area contributed by atoms with Crippen molar-refractivity contribution in [2.75, 3.05) is 37.0 Å². The summed E-state index contributed by atoms with van der Waals surface area (Å²) < 4.78 is 1.02. The van der Waals surface area contributed by atoms with Gasteiger partial charge in [-0.1, -0.05) is 42.5 Å². The third kappa shape index (κ3) is 4.54. The number of hydrogen-bond donors (Lipinski definition) is 4. The molecule has 4 N–H and O–H groups in total. The molecule has 4 aromatic rings. The van der Waals surface area contributed by atoms with Crippen LogP contribution in [0, 0.1) is 0 Å². The first-order chi connectivity index (χ1) is 16.6. The fourth-order valence-corrected chi connectivity index (χ4v) is 5.36. The summed E-state index contributed by atoms with van der Waals surface area (Å²) in [5.74, 6) is 0.909. The van der Waals surface area contributed by atoms with Gasteiger partial charge in [-0.25, -0.2) is 4.98 Å². The Morgan fingerprint density at radius 3 is 2.71 bits per heavy atom. The summed E-state index contributed by atoms with van der Waals surface area (Å²) >= 11 is 1.48. The molecule has 0 aliphatic carbocycles. The maximum atomic E-state index is 13.5. The van der Waals surface area contributed by atoms with Crippen LogP contribution >= 0.6 is 11.3 Å². The zero-order valence-electron chi connectivity index (χ0n) is 19.0. The van der Waals surface area contributed by atoms with Crippen LogP contribution in [0.4, 0.5) is 11.8 Å². The first-order valence-electron chi connectivity index (χ1n) is 11.5. The van der Waals surface area contributed by atoms with Crippen LogP contribution in [0.25, 0.3) is 20.8 Å². The summed E-state index contributed by atoms with van der Waals surface area (Å²) in [4.78, 5) is 27.8. The van der Waals surface area contributed by atoms with Gasteiger partial charge in [0.1, 0.15) is 16.4 Å². The molecule has 0 spiro atoms. The number of aromatic nitrogens is 3. The van der Waals surface area contributed by atoms with Gasteiger partial charge in [0.15, 0.2) is 0 Å². The first kappa shape index (κ1) is 22.5. The van der Waals surface area contributed by atoms with E-state index in [1.165, 1.54) is 11.3 Å². The Bertz CT molecular complexity index is 1280. The number of piperidine rings is 1. The zero-order valence-corrected chi connectivity index (χ0v) is 19.8. The number of rotatable bonds is 7. The average molecular weight is 477 g/mol. The molecule has 1 aliphatic heterocycles. The number of thiazole rings is 1. The number of aliphatic hydroxyl groups excluding tert-OH is 1. The predicted molar refractivity (Wildman–Crippen MR) is 138 cm³/mol. The van der Waals surface area contributed by atoms with Crippen LogP contribution in [0.3, 0.4) is 0 Å². The third-order valence-electron chi connectivity index (χ3n) is 6.21. The number of nitrogens with one attached hydrogen (secondary N) is 3. The molecule has 0 radical (unpaired) electrons. The maximum Gasteiger partial charge on any atom is 0.264 e. The van der Waals surface area contributed by atoms with Crippen molar-refractivity contribution >= 4 is 33.3 Å². The van der Waals surface area contributed by atoms with Crippen LogP contribution in [0.2, 0.25) is 0 Å². The molecular weight excluding hydrogens is 448 g/mol. The number of hydrogen-bond acceptors (Lipinski definition) is 8. The van der Waals surface area contributed by atoms with E-state index in [2.05, 4.69) is 15.6 Å². The largest absolute Gasteiger partial charge is 0.394 e. The molecule has 5 rings (SSSR count). The van der Waals surface area contributed by atoms with Crippen LogP contribution < -0.4 is 21.1 Å². The van der Waals surface area contributed by atoms with Gasteiger partial charge in [0, 0.05) is 19.6 Å². The molecule has 0 amide bonds. The number of H-pyrrole nitrogens is 1. The van der Waals surface area contributed by atoms with E-state index >= 15 is 0 Å². The number of aromatic amines is 1. The average Bonchev–Trinajstić information content (AvgIpc) is 3.29. The van der Waals surface area contributed by atoms with Gasteiger partial charge >= 0.3 is 0 Å². The minimum absolute atomic E-state index is 0.112. The lowest BCUT2D eigenvalue weighted by Gasteiger charge is -2.29. The molecule has 1 saturated heterocycles. The topological polar surface area (TPSA) is 106 Å². The van der Waals surface area contributed by atoms with Gasteiger partial charge in [0.05, 0.1) is 22.9 Å². The van der Waals surface area contributed by atoms with Crippen molar-refractivity contribution in [1.82, 2.24) is 20.3 Å². The molecule has 34 heavy (non-hydrogen) atoms. The van der Waals surface area contributed by atoms with E-state index in [9.17, 15) is 9.90 Å². The molecule has 176 valence electrons. The second-order valence-corrected chi connectivity index (χ2v) is 9.54. The molecule has 9 heteroatoms. The van der Waals surface area contributed by atoms with Crippen LogP contribution in [0.5, 0.6) is 0 Å². The molecule has 3 heterocycles. The summed E-state index contributed by atoms with van der Waals surface area (Å²) in [6.45, 7) is 1.69. The van der Waals surface area contributed by atoms with Crippen LogP contribution in [0.1, 0.15) is 24.4 Å². The highest BCUT2D eigenvalue weighted by molar-refractivity contribution is 7.21. The summed E-state index contributed by atoms with van der Waals surface area (Å²) in [7, 11) is 1.83. The van der Waals surface area contributed by atoms with E-state index in [4.69, 9.17) is 9.97 Å². The quantitative estimate of drug-likeness (QED) is 0.324. The second kappa shape index (κ2) is 9.92. The molecule has 1 aliphatic rings. The monoisotopic (exact) mass is 476 g/mol. The van der Waals surface area contributed by atoms with Gasteiger partial charge in [0.2, 0.25) is 5.95 Å². The predicted octanol–water partition coefficient (Wildman–Crippen LogP) is 3.38. The Balaban J connectivity index is 1.58. The van der Waals surface area contributed by atoms with Gasteiger partial charge in [-0.05, 0) is 37.1 Å². The first-order valence-corrected chi connectivity index (χ1v) is 12.3. The number of aliphatic hydroxyl groups is 1. The van der Waals surface area contributed by atoms with E-state index < -0.39 is 0 Å². The zero-order chi connectivity index (χ0) is 23.5. The van der Waals surface area contributed by atoms with Crippen molar-refractivity contribution in [3.63, 3.8) is 0 Å². The van der Waals surface area contributed by atoms with E-state index in [1.54, 1.807) is 0 Å².